The van der Waals surface area contributed by atoms with E-state index in [-0.39, 0.29) is 21.9 Å². The van der Waals surface area contributed by atoms with Crippen LogP contribution in [0.4, 0.5) is 5.69 Å². The van der Waals surface area contributed by atoms with Crippen molar-refractivity contribution < 1.29 is 22.7 Å². The smallest absolute Gasteiger partial charge is 0.270 e. The number of allylic oxidation sites excluding steroid dienone is 1. The summed E-state index contributed by atoms with van der Waals surface area (Å²) in [6.45, 7) is 1.87. The molecule has 6 rings (SSSR count). The lowest BCUT2D eigenvalue weighted by atomic mass is 9.77. The molecule has 182 valence electrons. The molecular formula is C28H22BrNO5S. The quantitative estimate of drug-likeness (QED) is 0.410. The SMILES string of the molecule is Cc1ccc(S(=O)(=O)N2c3ccccc3C(=O)C23OC2=C(C(=O)CCC2)C3c2ccc(Br)cc2)cc1. The summed E-state index contributed by atoms with van der Waals surface area (Å²) < 4.78 is 37.1. The molecule has 1 aliphatic carbocycles. The van der Waals surface area contributed by atoms with Gasteiger partial charge in [0.2, 0.25) is 5.78 Å². The van der Waals surface area contributed by atoms with Crippen LogP contribution in [0.3, 0.4) is 0 Å². The van der Waals surface area contributed by atoms with Crippen LogP contribution in [-0.4, -0.2) is 25.7 Å². The number of carbonyl (C=O) groups is 2. The molecule has 8 heteroatoms. The lowest BCUT2D eigenvalue weighted by Gasteiger charge is -2.38. The Balaban J connectivity index is 1.65. The summed E-state index contributed by atoms with van der Waals surface area (Å²) in [4.78, 5) is 27.6. The number of aryl methyl sites for hydroxylation is 1. The number of para-hydroxylation sites is 1. The van der Waals surface area contributed by atoms with Crippen molar-refractivity contribution in [2.45, 2.75) is 42.7 Å². The average molecular weight is 564 g/mol. The number of nitrogens with zero attached hydrogens (tertiary/aromatic N) is 1. The molecule has 2 atom stereocenters. The molecular weight excluding hydrogens is 542 g/mol. The monoisotopic (exact) mass is 563 g/mol. The van der Waals surface area contributed by atoms with Gasteiger partial charge in [0.05, 0.1) is 16.5 Å². The van der Waals surface area contributed by atoms with Crippen molar-refractivity contribution in [3.63, 3.8) is 0 Å². The fourth-order valence-corrected chi connectivity index (χ4v) is 7.48. The molecule has 0 saturated heterocycles. The van der Waals surface area contributed by atoms with Gasteiger partial charge >= 0.3 is 0 Å². The summed E-state index contributed by atoms with van der Waals surface area (Å²) in [6, 6.07) is 20.4. The van der Waals surface area contributed by atoms with Gasteiger partial charge in [-0.05, 0) is 55.3 Å². The second kappa shape index (κ2) is 8.15. The summed E-state index contributed by atoms with van der Waals surface area (Å²) in [5, 5.41) is 0. The van der Waals surface area contributed by atoms with Crippen LogP contribution in [0.5, 0.6) is 0 Å². The number of halogens is 1. The van der Waals surface area contributed by atoms with Gasteiger partial charge in [0.1, 0.15) is 5.76 Å². The zero-order valence-electron chi connectivity index (χ0n) is 19.4. The number of hydrogen-bond donors (Lipinski definition) is 0. The molecule has 2 heterocycles. The fourth-order valence-electron chi connectivity index (χ4n) is 5.52. The van der Waals surface area contributed by atoms with Crippen LogP contribution in [0.1, 0.15) is 46.7 Å². The van der Waals surface area contributed by atoms with E-state index in [0.717, 1.165) is 14.3 Å². The van der Waals surface area contributed by atoms with E-state index in [1.165, 1.54) is 12.1 Å². The van der Waals surface area contributed by atoms with Gasteiger partial charge in [-0.3, -0.25) is 9.59 Å². The molecule has 2 unspecified atom stereocenters. The number of sulfonamides is 1. The van der Waals surface area contributed by atoms with Gasteiger partial charge in [0.25, 0.3) is 15.7 Å². The Kier molecular flexibility index (Phi) is 5.25. The number of fused-ring (bicyclic) bond motifs is 1. The number of ketones is 2. The third-order valence-electron chi connectivity index (χ3n) is 7.12. The van der Waals surface area contributed by atoms with Crippen molar-refractivity contribution in [3.8, 4) is 0 Å². The third kappa shape index (κ3) is 3.17. The molecule has 0 bridgehead atoms. The highest BCUT2D eigenvalue weighted by Gasteiger charge is 2.68. The summed E-state index contributed by atoms with van der Waals surface area (Å²) >= 11 is 3.44. The van der Waals surface area contributed by atoms with Gasteiger partial charge in [-0.2, -0.15) is 0 Å². The van der Waals surface area contributed by atoms with Crippen molar-refractivity contribution >= 4 is 43.2 Å². The normalized spacial score (nSPS) is 23.2. The molecule has 1 spiro atoms. The van der Waals surface area contributed by atoms with Crippen LogP contribution in [0.15, 0.2) is 93.5 Å². The number of carbonyl (C=O) groups excluding carboxylic acids is 2. The molecule has 3 aromatic carbocycles. The number of benzene rings is 3. The summed E-state index contributed by atoms with van der Waals surface area (Å²) in [5.41, 5.74) is 0.484. The van der Waals surface area contributed by atoms with Gasteiger partial charge in [-0.1, -0.05) is 57.9 Å². The first-order valence-electron chi connectivity index (χ1n) is 11.7. The van der Waals surface area contributed by atoms with Crippen LogP contribution in [-0.2, 0) is 19.6 Å². The number of hydrogen-bond acceptors (Lipinski definition) is 5. The van der Waals surface area contributed by atoms with Crippen LogP contribution in [0, 0.1) is 6.92 Å². The van der Waals surface area contributed by atoms with E-state index in [1.807, 2.05) is 31.2 Å². The molecule has 6 nitrogen and oxygen atoms in total. The highest BCUT2D eigenvalue weighted by atomic mass is 79.9. The van der Waals surface area contributed by atoms with Crippen LogP contribution >= 0.6 is 15.9 Å². The van der Waals surface area contributed by atoms with Crippen molar-refractivity contribution in [2.24, 2.45) is 0 Å². The van der Waals surface area contributed by atoms with Crippen molar-refractivity contribution in [2.75, 3.05) is 4.31 Å². The average Bonchev–Trinajstić information content (AvgIpc) is 3.33. The minimum absolute atomic E-state index is 0.0475. The number of anilines is 1. The Bertz CT molecular complexity index is 1560. The Labute approximate surface area is 217 Å². The lowest BCUT2D eigenvalue weighted by Crippen LogP contribution is -2.57. The van der Waals surface area contributed by atoms with Gasteiger partial charge in [0.15, 0.2) is 5.78 Å². The van der Waals surface area contributed by atoms with E-state index < -0.39 is 27.4 Å². The largest absolute Gasteiger partial charge is 0.462 e. The zero-order chi connectivity index (χ0) is 25.2. The maximum atomic E-state index is 14.3. The Morgan fingerprint density at radius 2 is 1.64 bits per heavy atom. The first-order chi connectivity index (χ1) is 17.2. The predicted molar refractivity (Wildman–Crippen MR) is 138 cm³/mol. The first kappa shape index (κ1) is 23.2. The number of Topliss-reactive ketones (excluding diaryl/α,β-unsaturated/α-hetero) is 2. The second-order valence-corrected chi connectivity index (χ2v) is 12.0. The van der Waals surface area contributed by atoms with Crippen molar-refractivity contribution in [1.29, 1.82) is 0 Å². The zero-order valence-corrected chi connectivity index (χ0v) is 21.8. The molecule has 0 saturated carbocycles. The highest BCUT2D eigenvalue weighted by molar-refractivity contribution is 9.10. The maximum Gasteiger partial charge on any atom is 0.270 e. The van der Waals surface area contributed by atoms with E-state index in [2.05, 4.69) is 15.9 Å². The third-order valence-corrected chi connectivity index (χ3v) is 9.47. The topological polar surface area (TPSA) is 80.8 Å². The Hall–Kier alpha value is -3.23. The first-order valence-corrected chi connectivity index (χ1v) is 13.9. The minimum Gasteiger partial charge on any atom is -0.462 e. The Morgan fingerprint density at radius 3 is 2.36 bits per heavy atom. The molecule has 0 aromatic heterocycles. The summed E-state index contributed by atoms with van der Waals surface area (Å²) in [7, 11) is -4.26. The molecule has 2 aliphatic heterocycles. The molecule has 3 aromatic rings. The Morgan fingerprint density at radius 1 is 0.944 bits per heavy atom. The van der Waals surface area contributed by atoms with E-state index in [9.17, 15) is 18.0 Å². The van der Waals surface area contributed by atoms with Gasteiger partial charge in [-0.15, -0.1) is 0 Å². The van der Waals surface area contributed by atoms with Crippen LogP contribution in [0.2, 0.25) is 0 Å². The molecule has 0 N–H and O–H groups in total. The number of ether oxygens (including phenoxy) is 1. The van der Waals surface area contributed by atoms with Gasteiger partial charge in [-0.25, -0.2) is 12.7 Å². The molecule has 0 radical (unpaired) electrons. The van der Waals surface area contributed by atoms with Gasteiger partial charge < -0.3 is 4.74 Å². The van der Waals surface area contributed by atoms with Crippen molar-refractivity contribution in [3.05, 3.63) is 105 Å². The second-order valence-electron chi connectivity index (χ2n) is 9.33. The minimum atomic E-state index is -4.26. The molecule has 0 fully saturated rings. The van der Waals surface area contributed by atoms with E-state index in [4.69, 9.17) is 4.74 Å². The molecule has 0 amide bonds. The molecule has 36 heavy (non-hydrogen) atoms. The summed E-state index contributed by atoms with van der Waals surface area (Å²) in [5.74, 6) is -1.08. The lowest BCUT2D eigenvalue weighted by molar-refractivity contribution is -0.116. The fraction of sp³-hybridized carbons (Fsp3) is 0.214. The maximum absolute atomic E-state index is 14.3. The van der Waals surface area contributed by atoms with E-state index >= 15 is 0 Å². The van der Waals surface area contributed by atoms with Gasteiger partial charge in [0, 0.05) is 28.5 Å². The van der Waals surface area contributed by atoms with Crippen LogP contribution in [0.25, 0.3) is 0 Å². The van der Waals surface area contributed by atoms with Crippen LogP contribution < -0.4 is 4.31 Å². The van der Waals surface area contributed by atoms with Crippen molar-refractivity contribution in [1.82, 2.24) is 0 Å². The standard InChI is InChI=1S/C28H22BrNO5S/c1-17-9-15-20(16-10-17)36(33,34)30-22-6-3-2-5-21(22)27(32)28(30)26(18-11-13-19(29)14-12-18)25-23(31)7-4-8-24(25)35-28/h2-3,5-6,9-16,26H,4,7-8H2,1H3. The molecule has 3 aliphatic rings. The number of rotatable bonds is 3. The highest BCUT2D eigenvalue weighted by Crippen LogP contribution is 2.58. The van der Waals surface area contributed by atoms with E-state index in [1.54, 1.807) is 36.4 Å². The predicted octanol–water partition coefficient (Wildman–Crippen LogP) is 5.67. The van der Waals surface area contributed by atoms with E-state index in [0.29, 0.717) is 36.2 Å². The summed E-state index contributed by atoms with van der Waals surface area (Å²) in [6.07, 6.45) is 1.39.